The number of nitrogens with zero attached hydrogens (tertiary/aromatic N) is 1. The van der Waals surface area contributed by atoms with E-state index in [1.165, 1.54) is 19.3 Å². The molecule has 0 spiro atoms. The van der Waals surface area contributed by atoms with E-state index in [1.54, 1.807) is 6.08 Å². The fourth-order valence-electron chi connectivity index (χ4n) is 5.59. The number of rotatable bonds is 10. The molecule has 41 heavy (non-hydrogen) atoms. The number of alkyl carbamates (subject to hydrolysis) is 1. The number of hydrogen-bond acceptors (Lipinski definition) is 6. The van der Waals surface area contributed by atoms with E-state index in [1.807, 2.05) is 30.3 Å². The first kappa shape index (κ1) is 29.0. The maximum Gasteiger partial charge on any atom is 0.407 e. The summed E-state index contributed by atoms with van der Waals surface area (Å²) in [6, 6.07) is 24.3. The summed E-state index contributed by atoms with van der Waals surface area (Å²) in [6.45, 7) is 7.27. The average Bonchev–Trinajstić information content (AvgIpc) is 3.03. The van der Waals surface area contributed by atoms with Crippen LogP contribution in [0.2, 0.25) is 0 Å². The van der Waals surface area contributed by atoms with Gasteiger partial charge in [-0.25, -0.2) is 4.79 Å². The zero-order valence-corrected chi connectivity index (χ0v) is 23.5. The Hall–Kier alpha value is -3.49. The summed E-state index contributed by atoms with van der Waals surface area (Å²) < 4.78 is 18.2. The number of likely N-dealkylation sites (tertiary alicyclic amines) is 1. The zero-order chi connectivity index (χ0) is 28.4. The van der Waals surface area contributed by atoms with Crippen molar-refractivity contribution in [3.8, 4) is 11.1 Å². The number of aliphatic hydroxyl groups is 1. The average molecular weight is 557 g/mol. The maximum atomic E-state index is 11.9. The van der Waals surface area contributed by atoms with Gasteiger partial charge in [0.25, 0.3) is 0 Å². The highest BCUT2D eigenvalue weighted by Gasteiger charge is 2.33. The molecule has 2 saturated heterocycles. The maximum absolute atomic E-state index is 11.9. The van der Waals surface area contributed by atoms with Gasteiger partial charge in [0.15, 0.2) is 6.29 Å². The third kappa shape index (κ3) is 7.83. The number of carbonyl (C=O) groups is 1. The molecule has 3 atom stereocenters. The first-order valence-corrected chi connectivity index (χ1v) is 14.6. The van der Waals surface area contributed by atoms with E-state index in [0.717, 1.165) is 59.4 Å². The van der Waals surface area contributed by atoms with Crippen molar-refractivity contribution in [2.45, 2.75) is 57.3 Å². The van der Waals surface area contributed by atoms with Crippen LogP contribution in [0.15, 0.2) is 85.5 Å². The topological polar surface area (TPSA) is 80.3 Å². The summed E-state index contributed by atoms with van der Waals surface area (Å²) in [5.74, 6) is 0. The Morgan fingerprint density at radius 3 is 2.44 bits per heavy atom. The molecule has 7 nitrogen and oxygen atoms in total. The molecule has 2 heterocycles. The lowest BCUT2D eigenvalue weighted by molar-refractivity contribution is -0.253. The Balaban J connectivity index is 1.32. The van der Waals surface area contributed by atoms with E-state index in [4.69, 9.17) is 14.2 Å². The molecule has 0 unspecified atom stereocenters. The van der Waals surface area contributed by atoms with Crippen molar-refractivity contribution in [1.82, 2.24) is 10.2 Å². The minimum atomic E-state index is -0.480. The van der Waals surface area contributed by atoms with E-state index in [-0.39, 0.29) is 25.4 Å². The summed E-state index contributed by atoms with van der Waals surface area (Å²) in [5, 5.41) is 12.3. The molecule has 0 saturated carbocycles. The van der Waals surface area contributed by atoms with Crippen LogP contribution in [0.25, 0.3) is 11.1 Å². The molecule has 0 bridgehead atoms. The Kier molecular flexibility index (Phi) is 10.2. The monoisotopic (exact) mass is 556 g/mol. The van der Waals surface area contributed by atoms with E-state index in [0.29, 0.717) is 6.54 Å². The van der Waals surface area contributed by atoms with Gasteiger partial charge in [-0.3, -0.25) is 0 Å². The van der Waals surface area contributed by atoms with Gasteiger partial charge < -0.3 is 29.5 Å². The first-order valence-electron chi connectivity index (χ1n) is 14.6. The van der Waals surface area contributed by atoms with Crippen LogP contribution in [0, 0.1) is 0 Å². The number of aliphatic hydroxyl groups excluding tert-OH is 1. The van der Waals surface area contributed by atoms with Crippen molar-refractivity contribution < 1.29 is 24.1 Å². The molecule has 0 aromatic heterocycles. The smallest absolute Gasteiger partial charge is 0.407 e. The standard InChI is InChI=1S/C34H40N2O5/c1-2-20-39-34(38)35-22-29-8-4-5-9-31(29)26-14-16-28(17-15-26)33-40-30(23-36-18-6-3-7-19-36)21-32(41-33)27-12-10-25(24-37)11-13-27/h2,4-5,8-17,30,32-33,37H,1,3,6-7,18-24H2,(H,35,38)/t30-,32+,33+/m1/s1. The predicted octanol–water partition coefficient (Wildman–Crippen LogP) is 6.29. The third-order valence-electron chi connectivity index (χ3n) is 7.79. The lowest BCUT2D eigenvalue weighted by Crippen LogP contribution is -2.41. The van der Waals surface area contributed by atoms with Gasteiger partial charge in [0.2, 0.25) is 0 Å². The van der Waals surface area contributed by atoms with Crippen LogP contribution in [0.4, 0.5) is 4.79 Å². The molecule has 3 aromatic rings. The normalized spacial score (nSPS) is 21.2. The second-order valence-corrected chi connectivity index (χ2v) is 10.7. The third-order valence-corrected chi connectivity index (χ3v) is 7.79. The van der Waals surface area contributed by atoms with Crippen molar-refractivity contribution in [2.75, 3.05) is 26.2 Å². The number of nitrogens with one attached hydrogen (secondary N) is 1. The number of ether oxygens (including phenoxy) is 3. The number of carbonyl (C=O) groups excluding carboxylic acids is 1. The number of benzene rings is 3. The van der Waals surface area contributed by atoms with Crippen LogP contribution in [-0.2, 0) is 27.4 Å². The van der Waals surface area contributed by atoms with Crippen LogP contribution in [0.1, 0.15) is 60.3 Å². The van der Waals surface area contributed by atoms with Gasteiger partial charge in [0.05, 0.1) is 18.8 Å². The largest absolute Gasteiger partial charge is 0.445 e. The minimum Gasteiger partial charge on any atom is -0.445 e. The van der Waals surface area contributed by atoms with Crippen molar-refractivity contribution in [3.63, 3.8) is 0 Å². The van der Waals surface area contributed by atoms with Gasteiger partial charge >= 0.3 is 6.09 Å². The van der Waals surface area contributed by atoms with Gasteiger partial charge in [-0.15, -0.1) is 0 Å². The highest BCUT2D eigenvalue weighted by Crippen LogP contribution is 2.39. The molecule has 216 valence electrons. The second kappa shape index (κ2) is 14.4. The van der Waals surface area contributed by atoms with Gasteiger partial charge in [-0.2, -0.15) is 0 Å². The molecular weight excluding hydrogens is 516 g/mol. The van der Waals surface area contributed by atoms with E-state index < -0.39 is 12.4 Å². The minimum absolute atomic E-state index is 0.0278. The summed E-state index contributed by atoms with van der Waals surface area (Å²) in [7, 11) is 0. The van der Waals surface area contributed by atoms with Crippen molar-refractivity contribution in [3.05, 3.63) is 108 Å². The van der Waals surface area contributed by atoms with E-state index in [9.17, 15) is 9.90 Å². The van der Waals surface area contributed by atoms with Gasteiger partial charge in [0.1, 0.15) is 6.61 Å². The summed E-state index contributed by atoms with van der Waals surface area (Å²) in [5.41, 5.74) is 6.04. The van der Waals surface area contributed by atoms with Crippen LogP contribution in [0.3, 0.4) is 0 Å². The second-order valence-electron chi connectivity index (χ2n) is 10.7. The Morgan fingerprint density at radius 2 is 1.71 bits per heavy atom. The SMILES string of the molecule is C=CCOC(=O)NCc1ccccc1-c1ccc([C@H]2O[C@@H](CN3CCCCC3)C[C@@H](c3ccc(CO)cc3)O2)cc1. The molecule has 0 aliphatic carbocycles. The Morgan fingerprint density at radius 1 is 0.976 bits per heavy atom. The highest BCUT2D eigenvalue weighted by molar-refractivity contribution is 5.70. The van der Waals surface area contributed by atoms with E-state index >= 15 is 0 Å². The molecule has 7 heteroatoms. The zero-order valence-electron chi connectivity index (χ0n) is 23.5. The highest BCUT2D eigenvalue weighted by atomic mass is 16.7. The lowest BCUT2D eigenvalue weighted by atomic mass is 9.97. The molecule has 5 rings (SSSR count). The van der Waals surface area contributed by atoms with Crippen LogP contribution in [-0.4, -0.2) is 48.4 Å². The molecule has 2 aliphatic heterocycles. The molecule has 0 radical (unpaired) electrons. The fraction of sp³-hybridized carbons (Fsp3) is 0.382. The summed E-state index contributed by atoms with van der Waals surface area (Å²) in [4.78, 5) is 14.5. The molecule has 2 N–H and O–H groups in total. The Bertz CT molecular complexity index is 1270. The molecule has 3 aromatic carbocycles. The predicted molar refractivity (Wildman–Crippen MR) is 159 cm³/mol. The summed E-state index contributed by atoms with van der Waals surface area (Å²) >= 11 is 0. The summed E-state index contributed by atoms with van der Waals surface area (Å²) in [6.07, 6.45) is 5.14. The van der Waals surface area contributed by atoms with Crippen molar-refractivity contribution in [2.24, 2.45) is 0 Å². The molecule has 1 amide bonds. The number of hydrogen-bond donors (Lipinski definition) is 2. The molecule has 2 fully saturated rings. The first-order chi connectivity index (χ1) is 20.1. The van der Waals surface area contributed by atoms with Gasteiger partial charge in [-0.05, 0) is 53.7 Å². The van der Waals surface area contributed by atoms with Gasteiger partial charge in [-0.1, -0.05) is 91.9 Å². The molecular formula is C34H40N2O5. The quantitative estimate of drug-likeness (QED) is 0.286. The van der Waals surface area contributed by atoms with Gasteiger partial charge in [0, 0.05) is 25.1 Å². The number of piperidine rings is 1. The fourth-order valence-corrected chi connectivity index (χ4v) is 5.59. The van der Waals surface area contributed by atoms with Crippen LogP contribution in [0.5, 0.6) is 0 Å². The Labute approximate surface area is 242 Å². The van der Waals surface area contributed by atoms with E-state index in [2.05, 4.69) is 59.3 Å². The van der Waals surface area contributed by atoms with Crippen molar-refractivity contribution >= 4 is 6.09 Å². The molecule has 2 aliphatic rings. The lowest BCUT2D eigenvalue weighted by Gasteiger charge is -2.39. The van der Waals surface area contributed by atoms with Crippen molar-refractivity contribution in [1.29, 1.82) is 0 Å². The number of amides is 1. The van der Waals surface area contributed by atoms with Crippen LogP contribution >= 0.6 is 0 Å². The van der Waals surface area contributed by atoms with Crippen LogP contribution < -0.4 is 5.32 Å².